The van der Waals surface area contributed by atoms with Crippen molar-refractivity contribution in [2.75, 3.05) is 5.88 Å². The summed E-state index contributed by atoms with van der Waals surface area (Å²) in [5.74, 6) is 0.293. The first-order chi connectivity index (χ1) is 7.06. The molecule has 1 heterocycles. The van der Waals surface area contributed by atoms with E-state index in [1.807, 2.05) is 6.92 Å². The van der Waals surface area contributed by atoms with Gasteiger partial charge in [0.1, 0.15) is 0 Å². The molecule has 1 aliphatic heterocycles. The molecule has 1 saturated heterocycles. The minimum Gasteiger partial charge on any atom is -0.288 e. The van der Waals surface area contributed by atoms with E-state index in [0.29, 0.717) is 18.0 Å². The van der Waals surface area contributed by atoms with E-state index in [9.17, 15) is 4.79 Å². The van der Waals surface area contributed by atoms with Crippen molar-refractivity contribution in [1.29, 1.82) is 0 Å². The Morgan fingerprint density at radius 3 is 2.47 bits per heavy atom. The molecule has 1 fully saturated rings. The molecule has 0 aromatic rings. The first-order valence-corrected chi connectivity index (χ1v) is 6.24. The summed E-state index contributed by atoms with van der Waals surface area (Å²) in [7, 11) is 0. The lowest BCUT2D eigenvalue weighted by Gasteiger charge is -2.39. The molecule has 0 radical (unpaired) electrons. The zero-order chi connectivity index (χ0) is 11.4. The molecule has 3 unspecified atom stereocenters. The van der Waals surface area contributed by atoms with E-state index >= 15 is 0 Å². The van der Waals surface area contributed by atoms with Crippen molar-refractivity contribution in [3.63, 3.8) is 0 Å². The summed E-state index contributed by atoms with van der Waals surface area (Å²) in [6.07, 6.45) is 3.56. The molecule has 3 atom stereocenters. The molecular formula is C11H21ClN2O. The quantitative estimate of drug-likeness (QED) is 0.757. The van der Waals surface area contributed by atoms with Crippen LogP contribution in [-0.4, -0.2) is 28.9 Å². The standard InChI is InChI=1S/C11H21ClN2O/c1-8(7-12)11(15)13-14-9(2)5-4-6-10(14)3/h8-10H,4-7H2,1-3H3,(H,13,15). The van der Waals surface area contributed by atoms with Gasteiger partial charge in [-0.15, -0.1) is 11.6 Å². The molecule has 4 heteroatoms. The fraction of sp³-hybridized carbons (Fsp3) is 0.909. The second-order valence-electron chi connectivity index (χ2n) is 4.57. The Hall–Kier alpha value is -0.280. The number of rotatable bonds is 3. The number of alkyl halides is 1. The van der Waals surface area contributed by atoms with Crippen molar-refractivity contribution in [2.24, 2.45) is 5.92 Å². The van der Waals surface area contributed by atoms with E-state index in [1.54, 1.807) is 0 Å². The molecular weight excluding hydrogens is 212 g/mol. The van der Waals surface area contributed by atoms with Gasteiger partial charge in [0.15, 0.2) is 0 Å². The predicted octanol–water partition coefficient (Wildman–Crippen LogP) is 2.16. The number of halogens is 1. The van der Waals surface area contributed by atoms with Crippen LogP contribution in [0, 0.1) is 5.92 Å². The summed E-state index contributed by atoms with van der Waals surface area (Å²) in [5.41, 5.74) is 2.98. The topological polar surface area (TPSA) is 32.3 Å². The molecule has 0 aromatic carbocycles. The molecule has 1 rings (SSSR count). The number of hydrogen-bond donors (Lipinski definition) is 1. The second-order valence-corrected chi connectivity index (χ2v) is 4.88. The minimum absolute atomic E-state index is 0.0330. The molecule has 0 saturated carbocycles. The highest BCUT2D eigenvalue weighted by Gasteiger charge is 2.27. The fourth-order valence-electron chi connectivity index (χ4n) is 1.95. The number of carbonyl (C=O) groups is 1. The Balaban J connectivity index is 2.51. The van der Waals surface area contributed by atoms with Crippen molar-refractivity contribution in [1.82, 2.24) is 10.4 Å². The summed E-state index contributed by atoms with van der Waals surface area (Å²) < 4.78 is 0. The number of hydrazine groups is 1. The molecule has 0 aromatic heterocycles. The maximum absolute atomic E-state index is 11.7. The maximum Gasteiger partial charge on any atom is 0.238 e. The largest absolute Gasteiger partial charge is 0.288 e. The van der Waals surface area contributed by atoms with Crippen LogP contribution in [0.25, 0.3) is 0 Å². The van der Waals surface area contributed by atoms with E-state index in [4.69, 9.17) is 11.6 Å². The van der Waals surface area contributed by atoms with Crippen LogP contribution in [0.1, 0.15) is 40.0 Å². The summed E-state index contributed by atoms with van der Waals surface area (Å²) in [4.78, 5) is 11.7. The van der Waals surface area contributed by atoms with Gasteiger partial charge in [-0.05, 0) is 26.7 Å². The van der Waals surface area contributed by atoms with E-state index in [-0.39, 0.29) is 11.8 Å². The normalized spacial score (nSPS) is 29.9. The van der Waals surface area contributed by atoms with Crippen LogP contribution in [0.5, 0.6) is 0 Å². The highest BCUT2D eigenvalue weighted by atomic mass is 35.5. The van der Waals surface area contributed by atoms with Crippen molar-refractivity contribution in [3.8, 4) is 0 Å². The highest BCUT2D eigenvalue weighted by Crippen LogP contribution is 2.20. The smallest absolute Gasteiger partial charge is 0.238 e. The summed E-state index contributed by atoms with van der Waals surface area (Å²) in [5, 5.41) is 2.08. The Morgan fingerprint density at radius 1 is 1.47 bits per heavy atom. The summed E-state index contributed by atoms with van der Waals surface area (Å²) in [6.45, 7) is 6.16. The van der Waals surface area contributed by atoms with Gasteiger partial charge in [0.2, 0.25) is 5.91 Å². The first-order valence-electron chi connectivity index (χ1n) is 5.71. The van der Waals surface area contributed by atoms with Gasteiger partial charge in [-0.2, -0.15) is 0 Å². The number of nitrogens with one attached hydrogen (secondary N) is 1. The molecule has 0 aliphatic carbocycles. The Labute approximate surface area is 97.1 Å². The third kappa shape index (κ3) is 3.35. The lowest BCUT2D eigenvalue weighted by atomic mass is 10.00. The zero-order valence-corrected chi connectivity index (χ0v) is 10.5. The average Bonchev–Trinajstić information content (AvgIpc) is 2.22. The second kappa shape index (κ2) is 5.71. The van der Waals surface area contributed by atoms with Crippen LogP contribution in [0.3, 0.4) is 0 Å². The van der Waals surface area contributed by atoms with Crippen molar-refractivity contribution in [2.45, 2.75) is 52.1 Å². The van der Waals surface area contributed by atoms with Gasteiger partial charge in [0.05, 0.1) is 0 Å². The van der Waals surface area contributed by atoms with Crippen LogP contribution in [-0.2, 0) is 4.79 Å². The third-order valence-corrected chi connectivity index (χ3v) is 3.57. The van der Waals surface area contributed by atoms with Crippen molar-refractivity contribution in [3.05, 3.63) is 0 Å². The van der Waals surface area contributed by atoms with Crippen LogP contribution < -0.4 is 5.43 Å². The molecule has 0 spiro atoms. The molecule has 15 heavy (non-hydrogen) atoms. The van der Waals surface area contributed by atoms with Gasteiger partial charge in [-0.3, -0.25) is 10.2 Å². The van der Waals surface area contributed by atoms with E-state index in [2.05, 4.69) is 24.3 Å². The number of nitrogens with zero attached hydrogens (tertiary/aromatic N) is 1. The van der Waals surface area contributed by atoms with Gasteiger partial charge < -0.3 is 0 Å². The van der Waals surface area contributed by atoms with Gasteiger partial charge in [-0.25, -0.2) is 5.01 Å². The highest BCUT2D eigenvalue weighted by molar-refractivity contribution is 6.19. The molecule has 88 valence electrons. The maximum atomic E-state index is 11.7. The molecule has 0 bridgehead atoms. The average molecular weight is 233 g/mol. The molecule has 1 N–H and O–H groups in total. The van der Waals surface area contributed by atoms with Crippen molar-refractivity contribution < 1.29 is 4.79 Å². The number of carbonyl (C=O) groups excluding carboxylic acids is 1. The van der Waals surface area contributed by atoms with Crippen LogP contribution >= 0.6 is 11.6 Å². The molecule has 3 nitrogen and oxygen atoms in total. The Morgan fingerprint density at radius 2 is 2.00 bits per heavy atom. The fourth-order valence-corrected chi connectivity index (χ4v) is 2.09. The molecule has 1 amide bonds. The lowest BCUT2D eigenvalue weighted by molar-refractivity contribution is -0.132. The SMILES string of the molecule is CC(CCl)C(=O)NN1C(C)CCCC1C. The minimum atomic E-state index is -0.118. The predicted molar refractivity (Wildman–Crippen MR) is 62.6 cm³/mol. The Bertz CT molecular complexity index is 213. The molecule has 1 aliphatic rings. The number of piperidine rings is 1. The lowest BCUT2D eigenvalue weighted by Crippen LogP contribution is -2.55. The number of hydrogen-bond acceptors (Lipinski definition) is 2. The van der Waals surface area contributed by atoms with Crippen LogP contribution in [0.15, 0.2) is 0 Å². The van der Waals surface area contributed by atoms with Crippen LogP contribution in [0.4, 0.5) is 0 Å². The Kier molecular flexibility index (Phi) is 4.87. The van der Waals surface area contributed by atoms with Gasteiger partial charge in [-0.1, -0.05) is 13.3 Å². The monoisotopic (exact) mass is 232 g/mol. The van der Waals surface area contributed by atoms with Crippen LogP contribution in [0.2, 0.25) is 0 Å². The van der Waals surface area contributed by atoms with E-state index in [1.165, 1.54) is 6.42 Å². The first kappa shape index (κ1) is 12.8. The summed E-state index contributed by atoms with van der Waals surface area (Å²) >= 11 is 5.66. The zero-order valence-electron chi connectivity index (χ0n) is 9.79. The van der Waals surface area contributed by atoms with Gasteiger partial charge >= 0.3 is 0 Å². The van der Waals surface area contributed by atoms with E-state index < -0.39 is 0 Å². The third-order valence-electron chi connectivity index (χ3n) is 3.11. The van der Waals surface area contributed by atoms with Gasteiger partial charge in [0.25, 0.3) is 0 Å². The van der Waals surface area contributed by atoms with E-state index in [0.717, 1.165) is 12.8 Å². The number of amides is 1. The summed E-state index contributed by atoms with van der Waals surface area (Å²) in [6, 6.07) is 0.862. The van der Waals surface area contributed by atoms with Crippen molar-refractivity contribution >= 4 is 17.5 Å². The van der Waals surface area contributed by atoms with Gasteiger partial charge in [0, 0.05) is 23.9 Å².